The third-order valence-electron chi connectivity index (χ3n) is 4.59. The Hall–Kier alpha value is -1.77. The molecule has 0 radical (unpaired) electrons. The number of halogens is 2. The number of rotatable bonds is 4. The fraction of sp³-hybridized carbons (Fsp3) is 0.562. The number of hydrogen-bond donors (Lipinski definition) is 2. The van der Waals surface area contributed by atoms with Crippen LogP contribution in [0.5, 0.6) is 6.01 Å². The maximum Gasteiger partial charge on any atom is 0.319 e. The van der Waals surface area contributed by atoms with Crippen LogP contribution < -0.4 is 20.3 Å². The van der Waals surface area contributed by atoms with Gasteiger partial charge in [-0.25, -0.2) is 9.37 Å². The van der Waals surface area contributed by atoms with Gasteiger partial charge in [-0.1, -0.05) is 11.6 Å². The van der Waals surface area contributed by atoms with Crippen LogP contribution in [-0.2, 0) is 0 Å². The molecule has 2 N–H and O–H groups in total. The second-order valence-corrected chi connectivity index (χ2v) is 6.65. The molecule has 4 heterocycles. The molecule has 1 unspecified atom stereocenters. The molecule has 2 aliphatic rings. The molecule has 0 amide bonds. The molecule has 0 aromatic carbocycles. The van der Waals surface area contributed by atoms with Crippen LogP contribution in [-0.4, -0.2) is 60.3 Å². The summed E-state index contributed by atoms with van der Waals surface area (Å²) in [6.45, 7) is 4.70. The molecule has 134 valence electrons. The van der Waals surface area contributed by atoms with E-state index in [0.717, 1.165) is 45.6 Å². The first-order valence-corrected chi connectivity index (χ1v) is 8.94. The van der Waals surface area contributed by atoms with Gasteiger partial charge >= 0.3 is 6.01 Å². The minimum atomic E-state index is -0.637. The summed E-state index contributed by atoms with van der Waals surface area (Å²) in [4.78, 5) is 14.8. The van der Waals surface area contributed by atoms with Crippen molar-refractivity contribution in [3.8, 4) is 6.01 Å². The molecule has 0 bridgehead atoms. The lowest BCUT2D eigenvalue weighted by atomic mass is 10.2. The normalized spacial score (nSPS) is 21.0. The van der Waals surface area contributed by atoms with E-state index >= 15 is 0 Å². The van der Waals surface area contributed by atoms with Crippen molar-refractivity contribution in [2.45, 2.75) is 18.9 Å². The summed E-state index contributed by atoms with van der Waals surface area (Å²) < 4.78 is 20.3. The molecule has 25 heavy (non-hydrogen) atoms. The molecular formula is C16H20ClFN6O. The van der Waals surface area contributed by atoms with Crippen molar-refractivity contribution in [1.82, 2.24) is 25.6 Å². The van der Waals surface area contributed by atoms with Crippen LogP contribution in [0.15, 0.2) is 6.20 Å². The second kappa shape index (κ2) is 7.23. The summed E-state index contributed by atoms with van der Waals surface area (Å²) in [6, 6.07) is 0.462. The lowest BCUT2D eigenvalue weighted by molar-refractivity contribution is 0.258. The number of aromatic nitrogens is 3. The summed E-state index contributed by atoms with van der Waals surface area (Å²) in [6.07, 6.45) is 3.72. The van der Waals surface area contributed by atoms with Gasteiger partial charge in [0.15, 0.2) is 11.0 Å². The Morgan fingerprint density at radius 3 is 2.88 bits per heavy atom. The molecule has 2 saturated heterocycles. The maximum atomic E-state index is 14.5. The predicted octanol–water partition coefficient (Wildman–Crippen LogP) is 1.36. The number of pyridine rings is 1. The van der Waals surface area contributed by atoms with E-state index in [4.69, 9.17) is 16.3 Å². The summed E-state index contributed by atoms with van der Waals surface area (Å²) in [5.41, 5.74) is 0.151. The Bertz CT molecular complexity index is 764. The van der Waals surface area contributed by atoms with Crippen molar-refractivity contribution in [1.29, 1.82) is 0 Å². The molecule has 0 aliphatic carbocycles. The Balaban J connectivity index is 1.70. The molecule has 9 heteroatoms. The van der Waals surface area contributed by atoms with Crippen LogP contribution in [0.3, 0.4) is 0 Å². The fourth-order valence-electron chi connectivity index (χ4n) is 3.26. The molecule has 2 fully saturated rings. The van der Waals surface area contributed by atoms with Gasteiger partial charge in [0.25, 0.3) is 0 Å². The summed E-state index contributed by atoms with van der Waals surface area (Å²) in [5.74, 6) is 0.00532. The van der Waals surface area contributed by atoms with Crippen LogP contribution in [0.25, 0.3) is 10.9 Å². The number of ether oxygens (including phenoxy) is 1. The van der Waals surface area contributed by atoms with Crippen molar-refractivity contribution in [2.75, 3.05) is 44.2 Å². The van der Waals surface area contributed by atoms with Crippen LogP contribution in [0, 0.1) is 5.82 Å². The Morgan fingerprint density at radius 2 is 2.12 bits per heavy atom. The highest BCUT2D eigenvalue weighted by atomic mass is 35.5. The second-order valence-electron chi connectivity index (χ2n) is 6.30. The summed E-state index contributed by atoms with van der Waals surface area (Å²) in [7, 11) is 0. The van der Waals surface area contributed by atoms with Gasteiger partial charge in [-0.15, -0.1) is 0 Å². The Kier molecular flexibility index (Phi) is 4.82. The van der Waals surface area contributed by atoms with Crippen molar-refractivity contribution >= 4 is 28.3 Å². The van der Waals surface area contributed by atoms with E-state index in [1.54, 1.807) is 0 Å². The molecule has 0 spiro atoms. The van der Waals surface area contributed by atoms with Gasteiger partial charge < -0.3 is 20.3 Å². The van der Waals surface area contributed by atoms with Gasteiger partial charge in [-0.05, 0) is 19.4 Å². The number of anilines is 1. The smallest absolute Gasteiger partial charge is 0.319 e. The molecule has 2 aromatic rings. The number of nitrogens with one attached hydrogen (secondary N) is 2. The summed E-state index contributed by atoms with van der Waals surface area (Å²) >= 11 is 5.84. The van der Waals surface area contributed by atoms with E-state index in [1.807, 2.05) is 0 Å². The minimum Gasteiger partial charge on any atom is -0.462 e. The van der Waals surface area contributed by atoms with Gasteiger partial charge in [0.1, 0.15) is 17.9 Å². The average molecular weight is 367 g/mol. The molecule has 7 nitrogen and oxygen atoms in total. The monoisotopic (exact) mass is 366 g/mol. The van der Waals surface area contributed by atoms with Crippen molar-refractivity contribution < 1.29 is 9.13 Å². The van der Waals surface area contributed by atoms with Gasteiger partial charge in [-0.2, -0.15) is 9.97 Å². The molecule has 4 rings (SSSR count). The highest BCUT2D eigenvalue weighted by Gasteiger charge is 2.22. The van der Waals surface area contributed by atoms with E-state index in [2.05, 4.69) is 30.5 Å². The van der Waals surface area contributed by atoms with E-state index in [1.165, 1.54) is 6.20 Å². The molecule has 2 aliphatic heterocycles. The minimum absolute atomic E-state index is 0.151. The predicted molar refractivity (Wildman–Crippen MR) is 93.9 cm³/mol. The van der Waals surface area contributed by atoms with Gasteiger partial charge in [0.05, 0.1) is 5.39 Å². The van der Waals surface area contributed by atoms with Gasteiger partial charge in [-0.3, -0.25) is 0 Å². The van der Waals surface area contributed by atoms with E-state index in [9.17, 15) is 4.39 Å². The Labute approximate surface area is 149 Å². The van der Waals surface area contributed by atoms with Gasteiger partial charge in [0, 0.05) is 38.4 Å². The van der Waals surface area contributed by atoms with Crippen LogP contribution in [0.4, 0.5) is 10.2 Å². The maximum absolute atomic E-state index is 14.5. The molecule has 2 aromatic heterocycles. The zero-order chi connectivity index (χ0) is 17.2. The lowest BCUT2D eigenvalue weighted by Crippen LogP contribution is -2.44. The van der Waals surface area contributed by atoms with Crippen LogP contribution >= 0.6 is 11.6 Å². The van der Waals surface area contributed by atoms with Gasteiger partial charge in [0.2, 0.25) is 0 Å². The van der Waals surface area contributed by atoms with Crippen LogP contribution in [0.1, 0.15) is 12.8 Å². The van der Waals surface area contributed by atoms with Crippen molar-refractivity contribution in [3.63, 3.8) is 0 Å². The Morgan fingerprint density at radius 1 is 1.28 bits per heavy atom. The molecular weight excluding hydrogens is 347 g/mol. The molecule has 1 atom stereocenters. The number of piperazine rings is 1. The first kappa shape index (κ1) is 16.7. The molecule has 0 saturated carbocycles. The third-order valence-corrected chi connectivity index (χ3v) is 4.86. The first-order chi connectivity index (χ1) is 12.2. The number of fused-ring (bicyclic) bond motifs is 1. The average Bonchev–Trinajstić information content (AvgIpc) is 3.17. The van der Waals surface area contributed by atoms with Crippen molar-refractivity contribution in [3.05, 3.63) is 17.2 Å². The number of nitrogens with zero attached hydrogens (tertiary/aromatic N) is 4. The topological polar surface area (TPSA) is 75.2 Å². The zero-order valence-electron chi connectivity index (χ0n) is 13.8. The van der Waals surface area contributed by atoms with E-state index in [-0.39, 0.29) is 22.7 Å². The van der Waals surface area contributed by atoms with E-state index < -0.39 is 5.82 Å². The third kappa shape index (κ3) is 3.47. The standard InChI is InChI=1S/C16H20ClFN6O/c17-14-12(18)13-11(8-21-14)15(24-6-4-19-5-7-24)23-16(22-13)25-9-10-2-1-3-20-10/h8,10,19-20H,1-7,9H2. The summed E-state index contributed by atoms with van der Waals surface area (Å²) in [5, 5.41) is 7.01. The first-order valence-electron chi connectivity index (χ1n) is 8.56. The van der Waals surface area contributed by atoms with Crippen LogP contribution in [0.2, 0.25) is 5.15 Å². The van der Waals surface area contributed by atoms with Crippen molar-refractivity contribution in [2.24, 2.45) is 0 Å². The number of hydrogen-bond acceptors (Lipinski definition) is 7. The van der Waals surface area contributed by atoms with E-state index in [0.29, 0.717) is 17.8 Å². The quantitative estimate of drug-likeness (QED) is 0.791. The fourth-order valence-corrected chi connectivity index (χ4v) is 3.39. The largest absolute Gasteiger partial charge is 0.462 e. The zero-order valence-corrected chi connectivity index (χ0v) is 14.5. The lowest BCUT2D eigenvalue weighted by Gasteiger charge is -2.29. The SMILES string of the molecule is Fc1c(Cl)ncc2c(N3CCNCC3)nc(OCC3CCCN3)nc12. The highest BCUT2D eigenvalue weighted by molar-refractivity contribution is 6.30. The highest BCUT2D eigenvalue weighted by Crippen LogP contribution is 2.30.